The number of hydrogen-bond donors (Lipinski definition) is 2. The molecule has 4 aromatic heterocycles. The summed E-state index contributed by atoms with van der Waals surface area (Å²) in [5.74, 6) is 0.0431. The molecule has 0 atom stereocenters. The molecule has 0 saturated carbocycles. The van der Waals surface area contributed by atoms with Gasteiger partial charge in [-0.25, -0.2) is 0 Å². The maximum atomic E-state index is 12.4. The molecule has 4 aromatic rings. The third-order valence-corrected chi connectivity index (χ3v) is 7.33. The van der Waals surface area contributed by atoms with Crippen molar-refractivity contribution in [3.8, 4) is 0 Å². The Morgan fingerprint density at radius 2 is 1.72 bits per heavy atom. The monoisotopic (exact) mass is 565 g/mol. The average Bonchev–Trinajstić information content (AvgIpc) is 3.54. The highest BCUT2D eigenvalue weighted by molar-refractivity contribution is 7.15. The van der Waals surface area contributed by atoms with Crippen LogP contribution in [0.1, 0.15) is 53.5 Å². The second-order valence-corrected chi connectivity index (χ2v) is 10.8. The number of aromatic nitrogens is 7. The summed E-state index contributed by atoms with van der Waals surface area (Å²) in [6.07, 6.45) is 8.53. The number of carbonyl (C=O) groups excluding carboxylic acids is 2. The van der Waals surface area contributed by atoms with E-state index in [1.807, 2.05) is 16.8 Å². The van der Waals surface area contributed by atoms with Crippen molar-refractivity contribution in [2.75, 3.05) is 10.6 Å². The molecule has 202 valence electrons. The van der Waals surface area contributed by atoms with E-state index in [1.165, 1.54) is 29.6 Å². The highest BCUT2D eigenvalue weighted by Gasteiger charge is 2.15. The molecular formula is C26H28ClN9O2S. The zero-order valence-electron chi connectivity index (χ0n) is 21.3. The van der Waals surface area contributed by atoms with Gasteiger partial charge in [0.05, 0.1) is 29.3 Å². The molecule has 13 heteroatoms. The van der Waals surface area contributed by atoms with Crippen molar-refractivity contribution in [3.05, 3.63) is 69.3 Å². The average molecular weight is 566 g/mol. The smallest absolute Gasteiger partial charge is 0.232 e. The number of pyridine rings is 1. The lowest BCUT2D eigenvalue weighted by Crippen LogP contribution is -2.16. The van der Waals surface area contributed by atoms with E-state index in [0.29, 0.717) is 21.7 Å². The molecule has 5 heterocycles. The SMILES string of the molecule is O=C(Cc1ccc(Cl)cn1)Nc1ccc(CCCCc2nnc(NC(=O)Cc3cc4n(n3)CCCC4)s2)nn1. The highest BCUT2D eigenvalue weighted by atomic mass is 35.5. The Hall–Kier alpha value is -3.77. The molecular weight excluding hydrogens is 538 g/mol. The zero-order chi connectivity index (χ0) is 27.0. The Morgan fingerprint density at radius 3 is 2.51 bits per heavy atom. The normalized spacial score (nSPS) is 12.6. The largest absolute Gasteiger partial charge is 0.309 e. The van der Waals surface area contributed by atoms with Gasteiger partial charge >= 0.3 is 0 Å². The van der Waals surface area contributed by atoms with Crippen LogP contribution in [0.25, 0.3) is 0 Å². The molecule has 0 saturated heterocycles. The molecule has 11 nitrogen and oxygen atoms in total. The molecule has 2 N–H and O–H groups in total. The van der Waals surface area contributed by atoms with Crippen LogP contribution in [0.2, 0.25) is 5.02 Å². The van der Waals surface area contributed by atoms with Gasteiger partial charge in [0.1, 0.15) is 5.01 Å². The van der Waals surface area contributed by atoms with Gasteiger partial charge in [-0.1, -0.05) is 22.9 Å². The van der Waals surface area contributed by atoms with Crippen LogP contribution in [-0.4, -0.2) is 47.0 Å². The maximum Gasteiger partial charge on any atom is 0.232 e. The molecule has 2 amide bonds. The predicted octanol–water partition coefficient (Wildman–Crippen LogP) is 3.84. The second kappa shape index (κ2) is 12.9. The number of carbonyl (C=O) groups is 2. The molecule has 0 spiro atoms. The quantitative estimate of drug-likeness (QED) is 0.261. The van der Waals surface area contributed by atoms with Gasteiger partial charge in [-0.2, -0.15) is 10.2 Å². The summed E-state index contributed by atoms with van der Waals surface area (Å²) in [6.45, 7) is 0.927. The molecule has 0 fully saturated rings. The first-order valence-electron chi connectivity index (χ1n) is 12.9. The number of amides is 2. The van der Waals surface area contributed by atoms with Crippen LogP contribution in [0, 0.1) is 0 Å². The Morgan fingerprint density at radius 1 is 0.897 bits per heavy atom. The van der Waals surface area contributed by atoms with Crippen molar-refractivity contribution in [2.24, 2.45) is 0 Å². The number of rotatable bonds is 11. The van der Waals surface area contributed by atoms with E-state index in [2.05, 4.69) is 41.1 Å². The molecule has 1 aliphatic heterocycles. The Balaban J connectivity index is 0.999. The fraction of sp³-hybridized carbons (Fsp3) is 0.385. The molecule has 0 aliphatic carbocycles. The summed E-state index contributed by atoms with van der Waals surface area (Å²) in [4.78, 5) is 28.7. The third-order valence-electron chi connectivity index (χ3n) is 6.21. The van der Waals surface area contributed by atoms with Gasteiger partial charge in [0.25, 0.3) is 0 Å². The number of nitrogens with zero attached hydrogens (tertiary/aromatic N) is 7. The van der Waals surface area contributed by atoms with Gasteiger partial charge < -0.3 is 10.6 Å². The molecule has 5 rings (SSSR count). The summed E-state index contributed by atoms with van der Waals surface area (Å²) in [7, 11) is 0. The number of halogens is 1. The van der Waals surface area contributed by atoms with Crippen molar-refractivity contribution in [3.63, 3.8) is 0 Å². The van der Waals surface area contributed by atoms with Gasteiger partial charge in [0, 0.05) is 30.6 Å². The van der Waals surface area contributed by atoms with Crippen LogP contribution >= 0.6 is 22.9 Å². The van der Waals surface area contributed by atoms with E-state index in [1.54, 1.807) is 18.2 Å². The minimum atomic E-state index is -0.222. The summed E-state index contributed by atoms with van der Waals surface area (Å²) >= 11 is 7.21. The Kier molecular flexibility index (Phi) is 8.84. The minimum absolute atomic E-state index is 0.129. The summed E-state index contributed by atoms with van der Waals surface area (Å²) in [5, 5.41) is 28.6. The Labute approximate surface area is 234 Å². The second-order valence-electron chi connectivity index (χ2n) is 9.34. The molecule has 0 unspecified atom stereocenters. The van der Waals surface area contributed by atoms with E-state index >= 15 is 0 Å². The molecule has 39 heavy (non-hydrogen) atoms. The summed E-state index contributed by atoms with van der Waals surface area (Å²) in [6, 6.07) is 9.04. The first kappa shape index (κ1) is 26.8. The van der Waals surface area contributed by atoms with Gasteiger partial charge in [0.15, 0.2) is 5.82 Å². The van der Waals surface area contributed by atoms with Crippen molar-refractivity contribution >= 4 is 45.7 Å². The van der Waals surface area contributed by atoms with Crippen LogP contribution in [0.3, 0.4) is 0 Å². The fourth-order valence-corrected chi connectivity index (χ4v) is 5.21. The minimum Gasteiger partial charge on any atom is -0.309 e. The van der Waals surface area contributed by atoms with Gasteiger partial charge in [0.2, 0.25) is 16.9 Å². The van der Waals surface area contributed by atoms with Crippen molar-refractivity contribution in [1.82, 2.24) is 35.2 Å². The summed E-state index contributed by atoms with van der Waals surface area (Å²) < 4.78 is 2.01. The standard InChI is InChI=1S/C26H28ClN9O2S/c27-17-8-9-19(28-16-17)14-23(37)29-22-11-10-18(31-32-22)5-1-2-7-25-33-34-26(39-25)30-24(38)15-20-13-21-6-3-4-12-36(21)35-20/h8-11,13,16H,1-7,12,14-15H2,(H,29,32,37)(H,30,34,38). The van der Waals surface area contributed by atoms with E-state index in [9.17, 15) is 9.59 Å². The summed E-state index contributed by atoms with van der Waals surface area (Å²) in [5.41, 5.74) is 3.47. The van der Waals surface area contributed by atoms with E-state index in [0.717, 1.165) is 61.5 Å². The number of hydrogen-bond acceptors (Lipinski definition) is 9. The first-order valence-corrected chi connectivity index (χ1v) is 14.1. The van der Waals surface area contributed by atoms with E-state index < -0.39 is 0 Å². The van der Waals surface area contributed by atoms with Crippen LogP contribution in [0.15, 0.2) is 36.5 Å². The van der Waals surface area contributed by atoms with E-state index in [-0.39, 0.29) is 24.7 Å². The number of anilines is 2. The molecule has 1 aliphatic rings. The first-order chi connectivity index (χ1) is 19.0. The van der Waals surface area contributed by atoms with Crippen LogP contribution in [0.5, 0.6) is 0 Å². The fourth-order valence-electron chi connectivity index (χ4n) is 4.30. The number of fused-ring (bicyclic) bond motifs is 1. The van der Waals surface area contributed by atoms with Crippen molar-refractivity contribution < 1.29 is 9.59 Å². The molecule has 0 bridgehead atoms. The van der Waals surface area contributed by atoms with Crippen molar-refractivity contribution in [2.45, 2.75) is 64.3 Å². The lowest BCUT2D eigenvalue weighted by atomic mass is 10.1. The Bertz CT molecular complexity index is 1400. The lowest BCUT2D eigenvalue weighted by molar-refractivity contribution is -0.116. The lowest BCUT2D eigenvalue weighted by Gasteiger charge is -2.11. The number of unbranched alkanes of at least 4 members (excludes halogenated alkanes) is 1. The predicted molar refractivity (Wildman–Crippen MR) is 148 cm³/mol. The number of aryl methyl sites for hydroxylation is 4. The number of nitrogens with one attached hydrogen (secondary N) is 2. The molecule has 0 radical (unpaired) electrons. The maximum absolute atomic E-state index is 12.4. The topological polar surface area (TPSA) is 140 Å². The van der Waals surface area contributed by atoms with Gasteiger partial charge in [-0.15, -0.1) is 15.3 Å². The van der Waals surface area contributed by atoms with Gasteiger partial charge in [-0.05, 0) is 68.9 Å². The third kappa shape index (κ3) is 7.87. The van der Waals surface area contributed by atoms with E-state index in [4.69, 9.17) is 11.6 Å². The highest BCUT2D eigenvalue weighted by Crippen LogP contribution is 2.19. The van der Waals surface area contributed by atoms with Crippen molar-refractivity contribution in [1.29, 1.82) is 0 Å². The van der Waals surface area contributed by atoms with Crippen LogP contribution in [0.4, 0.5) is 10.9 Å². The van der Waals surface area contributed by atoms with Crippen LogP contribution in [-0.2, 0) is 48.2 Å². The van der Waals surface area contributed by atoms with Gasteiger partial charge in [-0.3, -0.25) is 19.3 Å². The zero-order valence-corrected chi connectivity index (χ0v) is 22.8. The molecule has 0 aromatic carbocycles. The van der Waals surface area contributed by atoms with Crippen LogP contribution < -0.4 is 10.6 Å².